The first kappa shape index (κ1) is 16.0. The fourth-order valence-corrected chi connectivity index (χ4v) is 2.43. The molecular weight excluding hydrogens is 278 g/mol. The molecule has 22 heavy (non-hydrogen) atoms. The molecule has 0 radical (unpaired) electrons. The molecule has 0 saturated carbocycles. The van der Waals surface area contributed by atoms with Gasteiger partial charge in [-0.05, 0) is 43.4 Å². The molecule has 1 N–H and O–H groups in total. The zero-order chi connectivity index (χ0) is 15.8. The number of allylic oxidation sites excluding steroid dienone is 2. The van der Waals surface area contributed by atoms with Gasteiger partial charge in [0.2, 0.25) is 0 Å². The van der Waals surface area contributed by atoms with E-state index in [9.17, 15) is 4.79 Å². The average Bonchev–Trinajstić information content (AvgIpc) is 2.58. The highest BCUT2D eigenvalue weighted by atomic mass is 16.5. The smallest absolute Gasteiger partial charge is 0.251 e. The van der Waals surface area contributed by atoms with Gasteiger partial charge in [0, 0.05) is 12.1 Å². The lowest BCUT2D eigenvalue weighted by Gasteiger charge is -2.18. The van der Waals surface area contributed by atoms with Gasteiger partial charge in [-0.25, -0.2) is 0 Å². The fraction of sp³-hybridized carbons (Fsp3) is 0.389. The van der Waals surface area contributed by atoms with Crippen LogP contribution in [0.4, 0.5) is 0 Å². The lowest BCUT2D eigenvalue weighted by atomic mass is 9.94. The molecule has 4 nitrogen and oxygen atoms in total. The Morgan fingerprint density at radius 2 is 2.27 bits per heavy atom. The maximum atomic E-state index is 12.2. The molecule has 1 aliphatic carbocycles. The minimum atomic E-state index is -0.101. The van der Waals surface area contributed by atoms with Gasteiger partial charge in [0.1, 0.15) is 6.61 Å². The number of hydrogen-bond acceptors (Lipinski definition) is 3. The second-order valence-electron chi connectivity index (χ2n) is 5.22. The number of rotatable bonds is 6. The van der Waals surface area contributed by atoms with Gasteiger partial charge in [-0.15, -0.1) is 6.42 Å². The molecule has 0 spiro atoms. The van der Waals surface area contributed by atoms with Crippen LogP contribution in [0.5, 0.6) is 11.5 Å². The fourth-order valence-electron chi connectivity index (χ4n) is 2.43. The Bertz CT molecular complexity index is 586. The Hall–Kier alpha value is -2.41. The molecule has 1 aromatic carbocycles. The summed E-state index contributed by atoms with van der Waals surface area (Å²) in [6.45, 7) is 0.859. The number of terminal acetylenes is 1. The van der Waals surface area contributed by atoms with Gasteiger partial charge in [0.15, 0.2) is 11.5 Å². The highest BCUT2D eigenvalue weighted by Gasteiger charge is 2.14. The third kappa shape index (κ3) is 4.29. The van der Waals surface area contributed by atoms with Crippen molar-refractivity contribution in [1.82, 2.24) is 5.32 Å². The van der Waals surface area contributed by atoms with Crippen LogP contribution in [-0.2, 0) is 0 Å². The maximum absolute atomic E-state index is 12.2. The van der Waals surface area contributed by atoms with E-state index in [-0.39, 0.29) is 12.5 Å². The Balaban J connectivity index is 1.97. The molecular formula is C18H21NO3. The number of benzene rings is 1. The average molecular weight is 299 g/mol. The number of nitrogens with one attached hydrogen (secondary N) is 1. The summed E-state index contributed by atoms with van der Waals surface area (Å²) in [7, 11) is 1.54. The quantitative estimate of drug-likeness (QED) is 0.649. The normalized spacial score (nSPS) is 16.6. The van der Waals surface area contributed by atoms with Gasteiger partial charge in [-0.1, -0.05) is 18.1 Å². The summed E-state index contributed by atoms with van der Waals surface area (Å²) in [6.07, 6.45) is 12.8. The van der Waals surface area contributed by atoms with Crippen LogP contribution in [0, 0.1) is 18.3 Å². The molecule has 0 fully saturated rings. The van der Waals surface area contributed by atoms with Crippen molar-refractivity contribution in [1.29, 1.82) is 0 Å². The molecule has 0 bridgehead atoms. The van der Waals surface area contributed by atoms with Crippen LogP contribution in [-0.4, -0.2) is 26.2 Å². The topological polar surface area (TPSA) is 47.6 Å². The third-order valence-electron chi connectivity index (χ3n) is 3.67. The standard InChI is InChI=1S/C18H21NO3/c1-3-11-22-16-10-9-15(12-17(16)21-2)18(20)19-13-14-7-5-4-6-8-14/h1,4-5,9-10,12,14H,6-8,11,13H2,2H3,(H,19,20). The number of ether oxygens (including phenoxy) is 2. The highest BCUT2D eigenvalue weighted by Crippen LogP contribution is 2.28. The van der Waals surface area contributed by atoms with Gasteiger partial charge >= 0.3 is 0 Å². The van der Waals surface area contributed by atoms with Crippen LogP contribution in [0.3, 0.4) is 0 Å². The first-order valence-electron chi connectivity index (χ1n) is 7.42. The van der Waals surface area contributed by atoms with Gasteiger partial charge in [-0.3, -0.25) is 4.79 Å². The number of carbonyl (C=O) groups is 1. The van der Waals surface area contributed by atoms with Crippen LogP contribution in [0.1, 0.15) is 29.6 Å². The molecule has 0 aromatic heterocycles. The minimum absolute atomic E-state index is 0.101. The molecule has 1 aromatic rings. The summed E-state index contributed by atoms with van der Waals surface area (Å²) in [5, 5.41) is 2.98. The molecule has 0 saturated heterocycles. The summed E-state index contributed by atoms with van der Waals surface area (Å²) < 4.78 is 10.6. The summed E-state index contributed by atoms with van der Waals surface area (Å²) in [6, 6.07) is 5.08. The molecule has 1 atom stereocenters. The van der Waals surface area contributed by atoms with Gasteiger partial charge in [0.25, 0.3) is 5.91 Å². The minimum Gasteiger partial charge on any atom is -0.493 e. The van der Waals surface area contributed by atoms with Gasteiger partial charge < -0.3 is 14.8 Å². The Kier molecular flexibility index (Phi) is 5.91. The Labute approximate surface area is 131 Å². The maximum Gasteiger partial charge on any atom is 0.251 e. The van der Waals surface area contributed by atoms with Crippen LogP contribution >= 0.6 is 0 Å². The van der Waals surface area contributed by atoms with Crippen LogP contribution in [0.25, 0.3) is 0 Å². The van der Waals surface area contributed by atoms with Crippen molar-refractivity contribution < 1.29 is 14.3 Å². The van der Waals surface area contributed by atoms with Crippen LogP contribution in [0.2, 0.25) is 0 Å². The molecule has 116 valence electrons. The van der Waals surface area contributed by atoms with Crippen molar-refractivity contribution in [3.8, 4) is 23.8 Å². The largest absolute Gasteiger partial charge is 0.493 e. The first-order chi connectivity index (χ1) is 10.7. The van der Waals surface area contributed by atoms with Crippen molar-refractivity contribution in [3.63, 3.8) is 0 Å². The van der Waals surface area contributed by atoms with E-state index in [0.29, 0.717) is 29.5 Å². The van der Waals surface area contributed by atoms with E-state index in [4.69, 9.17) is 15.9 Å². The van der Waals surface area contributed by atoms with Crippen molar-refractivity contribution >= 4 is 5.91 Å². The van der Waals surface area contributed by atoms with Gasteiger partial charge in [0.05, 0.1) is 7.11 Å². The molecule has 0 aliphatic heterocycles. The lowest BCUT2D eigenvalue weighted by molar-refractivity contribution is 0.0946. The van der Waals surface area contributed by atoms with Crippen molar-refractivity contribution in [2.75, 3.05) is 20.3 Å². The van der Waals surface area contributed by atoms with E-state index in [1.54, 1.807) is 18.2 Å². The van der Waals surface area contributed by atoms with E-state index < -0.39 is 0 Å². The second-order valence-corrected chi connectivity index (χ2v) is 5.22. The SMILES string of the molecule is C#CCOc1ccc(C(=O)NCC2CC=CCC2)cc1OC. The van der Waals surface area contributed by atoms with E-state index in [1.165, 1.54) is 7.11 Å². The Morgan fingerprint density at radius 3 is 2.95 bits per heavy atom. The predicted octanol–water partition coefficient (Wildman–Crippen LogP) is 2.79. The predicted molar refractivity (Wildman–Crippen MR) is 86.1 cm³/mol. The zero-order valence-electron chi connectivity index (χ0n) is 12.8. The molecule has 1 aliphatic rings. The summed E-state index contributed by atoms with van der Waals surface area (Å²) in [5.74, 6) is 3.86. The lowest BCUT2D eigenvalue weighted by Crippen LogP contribution is -2.29. The van der Waals surface area contributed by atoms with Crippen molar-refractivity contribution in [2.24, 2.45) is 5.92 Å². The number of amides is 1. The number of carbonyl (C=O) groups excluding carboxylic acids is 1. The molecule has 1 unspecified atom stereocenters. The van der Waals surface area contributed by atoms with E-state index in [1.807, 2.05) is 0 Å². The zero-order valence-corrected chi connectivity index (χ0v) is 12.8. The molecule has 0 heterocycles. The second kappa shape index (κ2) is 8.14. The van der Waals surface area contributed by atoms with E-state index in [0.717, 1.165) is 19.3 Å². The molecule has 1 amide bonds. The van der Waals surface area contributed by atoms with Gasteiger partial charge in [-0.2, -0.15) is 0 Å². The van der Waals surface area contributed by atoms with Crippen molar-refractivity contribution in [3.05, 3.63) is 35.9 Å². The van der Waals surface area contributed by atoms with E-state index >= 15 is 0 Å². The summed E-state index contributed by atoms with van der Waals surface area (Å²) in [4.78, 5) is 12.2. The monoisotopic (exact) mass is 299 g/mol. The van der Waals surface area contributed by atoms with Crippen molar-refractivity contribution in [2.45, 2.75) is 19.3 Å². The third-order valence-corrected chi connectivity index (χ3v) is 3.67. The van der Waals surface area contributed by atoms with E-state index in [2.05, 4.69) is 23.4 Å². The highest BCUT2D eigenvalue weighted by molar-refractivity contribution is 5.94. The number of methoxy groups -OCH3 is 1. The summed E-state index contributed by atoms with van der Waals surface area (Å²) in [5.41, 5.74) is 0.552. The molecule has 2 rings (SSSR count). The first-order valence-corrected chi connectivity index (χ1v) is 7.42. The van der Waals surface area contributed by atoms with Crippen LogP contribution < -0.4 is 14.8 Å². The van der Waals surface area contributed by atoms with Crippen LogP contribution in [0.15, 0.2) is 30.4 Å². The Morgan fingerprint density at radius 1 is 1.41 bits per heavy atom. The molecule has 4 heteroatoms. The summed E-state index contributed by atoms with van der Waals surface area (Å²) >= 11 is 0. The number of hydrogen-bond donors (Lipinski definition) is 1.